The minimum Gasteiger partial charge on any atom is -0.380 e. The van der Waals surface area contributed by atoms with Crippen molar-refractivity contribution in [1.29, 1.82) is 0 Å². The normalized spacial score (nSPS) is 10.5. The van der Waals surface area contributed by atoms with Gasteiger partial charge >= 0.3 is 0 Å². The van der Waals surface area contributed by atoms with E-state index < -0.39 is 0 Å². The van der Waals surface area contributed by atoms with Crippen LogP contribution in [0.1, 0.15) is 12.5 Å². The number of anilines is 1. The second kappa shape index (κ2) is 5.69. The minimum absolute atomic E-state index is 0.778. The lowest BCUT2D eigenvalue weighted by Crippen LogP contribution is -1.99. The van der Waals surface area contributed by atoms with Crippen molar-refractivity contribution in [3.63, 3.8) is 0 Å². The molecule has 0 aliphatic rings. The summed E-state index contributed by atoms with van der Waals surface area (Å²) < 4.78 is 4.04. The van der Waals surface area contributed by atoms with Gasteiger partial charge in [0.25, 0.3) is 0 Å². The number of aryl methyl sites for hydroxylation is 1. The molecule has 3 nitrogen and oxygen atoms in total. The minimum atomic E-state index is 0.778. The molecule has 0 radical (unpaired) electrons. The summed E-state index contributed by atoms with van der Waals surface area (Å²) in [7, 11) is 0. The zero-order valence-corrected chi connectivity index (χ0v) is 12.6. The summed E-state index contributed by atoms with van der Waals surface area (Å²) in [5.41, 5.74) is 2.26. The van der Waals surface area contributed by atoms with Gasteiger partial charge in [-0.1, -0.05) is 15.9 Å². The molecule has 90 valence electrons. The Morgan fingerprint density at radius 3 is 2.82 bits per heavy atom. The highest BCUT2D eigenvalue weighted by atomic mass is 79.9. The first-order chi connectivity index (χ1) is 8.19. The highest BCUT2D eigenvalue weighted by Gasteiger charge is 2.01. The van der Waals surface area contributed by atoms with E-state index in [9.17, 15) is 0 Å². The molecule has 0 aliphatic carbocycles. The number of nitrogens with zero attached hydrogens (tertiary/aromatic N) is 2. The Hall–Kier alpha value is -0.810. The summed E-state index contributed by atoms with van der Waals surface area (Å²) in [6.07, 6.45) is 3.95. The summed E-state index contributed by atoms with van der Waals surface area (Å²) >= 11 is 6.96. The van der Waals surface area contributed by atoms with Crippen molar-refractivity contribution >= 4 is 37.5 Å². The third kappa shape index (κ3) is 3.33. The molecule has 0 aliphatic heterocycles. The number of hydrogen-bond acceptors (Lipinski definition) is 2. The Morgan fingerprint density at radius 2 is 2.18 bits per heavy atom. The van der Waals surface area contributed by atoms with Gasteiger partial charge in [0.05, 0.1) is 6.20 Å². The third-order valence-corrected chi connectivity index (χ3v) is 3.57. The van der Waals surface area contributed by atoms with Crippen LogP contribution in [-0.2, 0) is 13.1 Å². The molecule has 0 atom stereocenters. The van der Waals surface area contributed by atoms with E-state index in [0.29, 0.717) is 0 Å². The Balaban J connectivity index is 2.02. The van der Waals surface area contributed by atoms with Gasteiger partial charge in [0.2, 0.25) is 0 Å². The summed E-state index contributed by atoms with van der Waals surface area (Å²) in [6, 6.07) is 6.08. The average Bonchev–Trinajstić information content (AvgIpc) is 2.76. The Labute approximate surface area is 117 Å². The van der Waals surface area contributed by atoms with Crippen LogP contribution in [0.3, 0.4) is 0 Å². The Bertz CT molecular complexity index is 508. The van der Waals surface area contributed by atoms with Gasteiger partial charge in [0.15, 0.2) is 0 Å². The molecule has 1 heterocycles. The van der Waals surface area contributed by atoms with Crippen LogP contribution in [0.4, 0.5) is 5.69 Å². The molecule has 1 N–H and O–H groups in total. The maximum absolute atomic E-state index is 4.24. The van der Waals surface area contributed by atoms with Gasteiger partial charge in [0, 0.05) is 39.5 Å². The standard InChI is InChI=1S/C12H13Br2N3/c1-2-17-8-9(7-16-17)6-15-12-4-3-10(13)5-11(12)14/h3-5,7-8,15H,2,6H2,1H3. The number of hydrogen-bond donors (Lipinski definition) is 1. The molecule has 0 unspecified atom stereocenters. The van der Waals surface area contributed by atoms with E-state index in [1.165, 1.54) is 5.56 Å². The van der Waals surface area contributed by atoms with Crippen LogP contribution in [0.25, 0.3) is 0 Å². The molecule has 0 saturated heterocycles. The number of halogens is 2. The van der Waals surface area contributed by atoms with Gasteiger partial charge in [0.1, 0.15) is 0 Å². The second-order valence-electron chi connectivity index (χ2n) is 3.68. The van der Waals surface area contributed by atoms with Crippen molar-refractivity contribution in [2.24, 2.45) is 0 Å². The molecule has 2 aromatic rings. The summed E-state index contributed by atoms with van der Waals surface area (Å²) in [6.45, 7) is 3.76. The molecule has 0 bridgehead atoms. The van der Waals surface area contributed by atoms with E-state index in [1.807, 2.05) is 29.1 Å². The highest BCUT2D eigenvalue weighted by molar-refractivity contribution is 9.11. The first kappa shape index (κ1) is 12.6. The van der Waals surface area contributed by atoms with E-state index in [4.69, 9.17) is 0 Å². The topological polar surface area (TPSA) is 29.9 Å². The predicted octanol–water partition coefficient (Wildman–Crippen LogP) is 4.04. The fourth-order valence-corrected chi connectivity index (χ4v) is 2.69. The lowest BCUT2D eigenvalue weighted by atomic mass is 10.3. The lowest BCUT2D eigenvalue weighted by Gasteiger charge is -2.07. The highest BCUT2D eigenvalue weighted by Crippen LogP contribution is 2.26. The summed E-state index contributed by atoms with van der Waals surface area (Å²) in [5.74, 6) is 0. The van der Waals surface area contributed by atoms with E-state index in [2.05, 4.69) is 55.4 Å². The molecule has 0 saturated carbocycles. The maximum atomic E-state index is 4.24. The van der Waals surface area contributed by atoms with E-state index >= 15 is 0 Å². The molecule has 1 aromatic heterocycles. The molecular weight excluding hydrogens is 346 g/mol. The summed E-state index contributed by atoms with van der Waals surface area (Å²) in [5, 5.41) is 7.61. The number of rotatable bonds is 4. The zero-order chi connectivity index (χ0) is 12.3. The van der Waals surface area contributed by atoms with Crippen molar-refractivity contribution < 1.29 is 0 Å². The number of benzene rings is 1. The SMILES string of the molecule is CCn1cc(CNc2ccc(Br)cc2Br)cn1. The van der Waals surface area contributed by atoms with Crippen molar-refractivity contribution in [3.8, 4) is 0 Å². The van der Waals surface area contributed by atoms with Gasteiger partial charge in [-0.15, -0.1) is 0 Å². The molecule has 17 heavy (non-hydrogen) atoms. The number of aromatic nitrogens is 2. The van der Waals surface area contributed by atoms with Crippen molar-refractivity contribution in [3.05, 3.63) is 45.1 Å². The van der Waals surface area contributed by atoms with E-state index in [0.717, 1.165) is 27.7 Å². The van der Waals surface area contributed by atoms with Crippen LogP contribution >= 0.6 is 31.9 Å². The average molecular weight is 359 g/mol. The van der Waals surface area contributed by atoms with Gasteiger partial charge in [-0.3, -0.25) is 4.68 Å². The smallest absolute Gasteiger partial charge is 0.0539 e. The monoisotopic (exact) mass is 357 g/mol. The molecule has 0 amide bonds. The predicted molar refractivity (Wildman–Crippen MR) is 77.1 cm³/mol. The van der Waals surface area contributed by atoms with E-state index in [-0.39, 0.29) is 0 Å². The Morgan fingerprint density at radius 1 is 1.35 bits per heavy atom. The van der Waals surface area contributed by atoms with Crippen molar-refractivity contribution in [2.45, 2.75) is 20.0 Å². The largest absolute Gasteiger partial charge is 0.380 e. The van der Waals surface area contributed by atoms with E-state index in [1.54, 1.807) is 0 Å². The fourth-order valence-electron chi connectivity index (χ4n) is 1.50. The second-order valence-corrected chi connectivity index (χ2v) is 5.45. The molecule has 1 aromatic carbocycles. The molecule has 5 heteroatoms. The van der Waals surface area contributed by atoms with Crippen LogP contribution in [0.15, 0.2) is 39.5 Å². The zero-order valence-electron chi connectivity index (χ0n) is 9.45. The molecule has 2 rings (SSSR count). The van der Waals surface area contributed by atoms with Crippen LogP contribution < -0.4 is 5.32 Å². The van der Waals surface area contributed by atoms with Crippen LogP contribution in [0.5, 0.6) is 0 Å². The van der Waals surface area contributed by atoms with Crippen LogP contribution in [0.2, 0.25) is 0 Å². The number of nitrogens with one attached hydrogen (secondary N) is 1. The first-order valence-electron chi connectivity index (χ1n) is 5.39. The van der Waals surface area contributed by atoms with Crippen LogP contribution in [-0.4, -0.2) is 9.78 Å². The third-order valence-electron chi connectivity index (χ3n) is 2.42. The molecular formula is C12H13Br2N3. The molecule has 0 spiro atoms. The van der Waals surface area contributed by atoms with Crippen molar-refractivity contribution in [1.82, 2.24) is 9.78 Å². The first-order valence-corrected chi connectivity index (χ1v) is 6.98. The van der Waals surface area contributed by atoms with Crippen molar-refractivity contribution in [2.75, 3.05) is 5.32 Å². The van der Waals surface area contributed by atoms with Gasteiger partial charge in [-0.05, 0) is 41.1 Å². The fraction of sp³-hybridized carbons (Fsp3) is 0.250. The quantitative estimate of drug-likeness (QED) is 0.893. The van der Waals surface area contributed by atoms with Gasteiger partial charge in [-0.2, -0.15) is 5.10 Å². The van der Waals surface area contributed by atoms with Crippen LogP contribution in [0, 0.1) is 0 Å². The Kier molecular flexibility index (Phi) is 4.23. The van der Waals surface area contributed by atoms with Gasteiger partial charge in [-0.25, -0.2) is 0 Å². The maximum Gasteiger partial charge on any atom is 0.0539 e. The molecule has 0 fully saturated rings. The van der Waals surface area contributed by atoms with Gasteiger partial charge < -0.3 is 5.32 Å². The lowest BCUT2D eigenvalue weighted by molar-refractivity contribution is 0.659. The summed E-state index contributed by atoms with van der Waals surface area (Å²) in [4.78, 5) is 0.